The summed E-state index contributed by atoms with van der Waals surface area (Å²) in [6, 6.07) is 9.73. The van der Waals surface area contributed by atoms with Crippen molar-refractivity contribution in [3.05, 3.63) is 35.9 Å². The number of aryl methyl sites for hydroxylation is 1. The van der Waals surface area contributed by atoms with Crippen molar-refractivity contribution in [2.45, 2.75) is 44.9 Å². The van der Waals surface area contributed by atoms with Gasteiger partial charge in [-0.2, -0.15) is 5.01 Å². The number of cyclic esters (lactones) is 1. The Morgan fingerprint density at radius 1 is 1.33 bits per heavy atom. The molecule has 0 aromatic heterocycles. The summed E-state index contributed by atoms with van der Waals surface area (Å²) in [6.45, 7) is 4.39. The van der Waals surface area contributed by atoms with Crippen LogP contribution in [-0.2, 0) is 16.0 Å². The highest BCUT2D eigenvalue weighted by Crippen LogP contribution is 2.39. The number of nitrogens with one attached hydrogen (secondary N) is 1. The second-order valence-corrected chi connectivity index (χ2v) is 5.61. The molecule has 1 fully saturated rings. The van der Waals surface area contributed by atoms with Crippen molar-refractivity contribution in [1.82, 2.24) is 10.4 Å². The topological polar surface area (TPSA) is 78.9 Å². The number of rotatable bonds is 4. The number of benzene rings is 1. The van der Waals surface area contributed by atoms with Crippen LogP contribution in [0.3, 0.4) is 0 Å². The average Bonchev–Trinajstić information content (AvgIpc) is 2.58. The fourth-order valence-corrected chi connectivity index (χ4v) is 2.38. The highest BCUT2D eigenvalue weighted by atomic mass is 16.6. The Bertz CT molecular complexity index is 544. The first-order valence-electron chi connectivity index (χ1n) is 6.83. The molecule has 0 aliphatic carbocycles. The van der Waals surface area contributed by atoms with Crippen LogP contribution in [0.4, 0.5) is 4.79 Å². The van der Waals surface area contributed by atoms with Crippen LogP contribution in [0, 0.1) is 0 Å². The largest absolute Gasteiger partial charge is 0.437 e. The molecule has 1 aliphatic rings. The number of aliphatic hydroxyl groups is 1. The maximum atomic E-state index is 11.9. The molecule has 1 saturated heterocycles. The Balaban J connectivity index is 2.14. The molecule has 2 atom stereocenters. The van der Waals surface area contributed by atoms with Crippen LogP contribution in [0.2, 0.25) is 0 Å². The van der Waals surface area contributed by atoms with E-state index in [2.05, 4.69) is 5.43 Å². The molecule has 1 aliphatic heterocycles. The highest BCUT2D eigenvalue weighted by molar-refractivity contribution is 5.79. The predicted octanol–water partition coefficient (Wildman–Crippen LogP) is 1.59. The zero-order valence-electron chi connectivity index (χ0n) is 12.4. The molecule has 2 N–H and O–H groups in total. The monoisotopic (exact) mass is 292 g/mol. The van der Waals surface area contributed by atoms with Crippen LogP contribution in [0.25, 0.3) is 0 Å². The maximum absolute atomic E-state index is 11.9. The van der Waals surface area contributed by atoms with Gasteiger partial charge in [0.1, 0.15) is 0 Å². The van der Waals surface area contributed by atoms with Gasteiger partial charge in [-0.1, -0.05) is 30.3 Å². The summed E-state index contributed by atoms with van der Waals surface area (Å²) in [7, 11) is 0. The van der Waals surface area contributed by atoms with E-state index in [1.165, 1.54) is 13.8 Å². The molecule has 2 amide bonds. The summed E-state index contributed by atoms with van der Waals surface area (Å²) in [4.78, 5) is 23.0. The Kier molecular flexibility index (Phi) is 3.91. The first kappa shape index (κ1) is 15.3. The molecule has 1 aromatic carbocycles. The van der Waals surface area contributed by atoms with Gasteiger partial charge in [0, 0.05) is 6.92 Å². The second kappa shape index (κ2) is 5.37. The molecular weight excluding hydrogens is 272 g/mol. The highest BCUT2D eigenvalue weighted by Gasteiger charge is 2.59. The van der Waals surface area contributed by atoms with Crippen LogP contribution >= 0.6 is 0 Å². The molecule has 0 spiro atoms. The van der Waals surface area contributed by atoms with Gasteiger partial charge >= 0.3 is 6.09 Å². The van der Waals surface area contributed by atoms with Gasteiger partial charge in [-0.25, -0.2) is 4.79 Å². The van der Waals surface area contributed by atoms with Crippen LogP contribution in [0.1, 0.15) is 32.8 Å². The van der Waals surface area contributed by atoms with Crippen molar-refractivity contribution in [3.8, 4) is 0 Å². The van der Waals surface area contributed by atoms with Gasteiger partial charge < -0.3 is 9.84 Å². The second-order valence-electron chi connectivity index (χ2n) is 5.61. The van der Waals surface area contributed by atoms with Crippen LogP contribution in [-0.4, -0.2) is 33.4 Å². The number of hydrazine groups is 1. The van der Waals surface area contributed by atoms with Gasteiger partial charge in [0.25, 0.3) is 0 Å². The summed E-state index contributed by atoms with van der Waals surface area (Å²) < 4.78 is 5.32. The summed E-state index contributed by atoms with van der Waals surface area (Å²) in [5.41, 5.74) is 0.662. The lowest BCUT2D eigenvalue weighted by molar-refractivity contribution is -0.159. The quantitative estimate of drug-likeness (QED) is 0.883. The number of ether oxygens (including phenoxy) is 1. The molecule has 0 radical (unpaired) electrons. The number of hydrogen-bond acceptors (Lipinski definition) is 4. The van der Waals surface area contributed by atoms with Crippen LogP contribution in [0.15, 0.2) is 30.3 Å². The molecule has 0 bridgehead atoms. The molecule has 114 valence electrons. The van der Waals surface area contributed by atoms with E-state index >= 15 is 0 Å². The van der Waals surface area contributed by atoms with Gasteiger partial charge in [0.05, 0.1) is 0 Å². The summed E-state index contributed by atoms with van der Waals surface area (Å²) >= 11 is 0. The molecule has 2 rings (SSSR count). The fraction of sp³-hybridized carbons (Fsp3) is 0.467. The Hall–Kier alpha value is -2.08. The first-order chi connectivity index (χ1) is 9.76. The SMILES string of the molecule is CC(=O)NN1C(=O)O[C@](C)(CCc2ccccc2)[C@@]1(C)O. The average molecular weight is 292 g/mol. The molecule has 6 nitrogen and oxygen atoms in total. The lowest BCUT2D eigenvalue weighted by atomic mass is 9.87. The van der Waals surface area contributed by atoms with Crippen molar-refractivity contribution in [2.24, 2.45) is 0 Å². The molecule has 21 heavy (non-hydrogen) atoms. The third kappa shape index (κ3) is 2.85. The van der Waals surface area contributed by atoms with Crippen molar-refractivity contribution in [1.29, 1.82) is 0 Å². The van der Waals surface area contributed by atoms with E-state index in [-0.39, 0.29) is 0 Å². The lowest BCUT2D eigenvalue weighted by Gasteiger charge is -2.36. The Morgan fingerprint density at radius 3 is 2.52 bits per heavy atom. The number of carbonyl (C=O) groups excluding carboxylic acids is 2. The van der Waals surface area contributed by atoms with Crippen molar-refractivity contribution >= 4 is 12.0 Å². The van der Waals surface area contributed by atoms with Gasteiger partial charge in [0.15, 0.2) is 11.3 Å². The Labute approximate surface area is 123 Å². The van der Waals surface area contributed by atoms with E-state index in [1.54, 1.807) is 6.92 Å². The number of amides is 2. The zero-order valence-corrected chi connectivity index (χ0v) is 12.4. The number of nitrogens with zero attached hydrogens (tertiary/aromatic N) is 1. The third-order valence-corrected chi connectivity index (χ3v) is 3.94. The van der Waals surface area contributed by atoms with Crippen molar-refractivity contribution in [2.75, 3.05) is 0 Å². The zero-order chi connectivity index (χ0) is 15.7. The molecule has 0 saturated carbocycles. The minimum Gasteiger partial charge on any atom is -0.437 e. The molecule has 0 unspecified atom stereocenters. The minimum atomic E-state index is -1.62. The van der Waals surface area contributed by atoms with E-state index in [9.17, 15) is 14.7 Å². The van der Waals surface area contributed by atoms with E-state index in [4.69, 9.17) is 4.74 Å². The van der Waals surface area contributed by atoms with Gasteiger partial charge in [-0.3, -0.25) is 10.2 Å². The van der Waals surface area contributed by atoms with E-state index < -0.39 is 23.3 Å². The number of hydrogen-bond donors (Lipinski definition) is 2. The van der Waals surface area contributed by atoms with Gasteiger partial charge in [0.2, 0.25) is 5.91 Å². The fourth-order valence-electron chi connectivity index (χ4n) is 2.38. The van der Waals surface area contributed by atoms with Gasteiger partial charge in [-0.05, 0) is 32.3 Å². The first-order valence-corrected chi connectivity index (χ1v) is 6.83. The van der Waals surface area contributed by atoms with Crippen LogP contribution in [0.5, 0.6) is 0 Å². The normalized spacial score (nSPS) is 28.4. The third-order valence-electron chi connectivity index (χ3n) is 3.94. The van der Waals surface area contributed by atoms with Crippen molar-refractivity contribution in [3.63, 3.8) is 0 Å². The smallest absolute Gasteiger partial charge is 0.432 e. The predicted molar refractivity (Wildman–Crippen MR) is 75.9 cm³/mol. The van der Waals surface area contributed by atoms with E-state index in [1.807, 2.05) is 30.3 Å². The van der Waals surface area contributed by atoms with E-state index in [0.29, 0.717) is 12.8 Å². The minimum absolute atomic E-state index is 0.436. The Morgan fingerprint density at radius 2 is 1.95 bits per heavy atom. The van der Waals surface area contributed by atoms with Gasteiger partial charge in [-0.15, -0.1) is 0 Å². The molecular formula is C15H20N2O4. The van der Waals surface area contributed by atoms with Crippen LogP contribution < -0.4 is 5.43 Å². The summed E-state index contributed by atoms with van der Waals surface area (Å²) in [6.07, 6.45) is 0.325. The molecule has 1 aromatic rings. The number of carbonyl (C=O) groups is 2. The summed E-state index contributed by atoms with van der Waals surface area (Å²) in [5, 5.41) is 11.5. The lowest BCUT2D eigenvalue weighted by Crippen LogP contribution is -2.60. The van der Waals surface area contributed by atoms with E-state index in [0.717, 1.165) is 10.6 Å². The molecule has 6 heteroatoms. The summed E-state index contributed by atoms with van der Waals surface area (Å²) in [5.74, 6) is -0.445. The maximum Gasteiger partial charge on any atom is 0.432 e. The van der Waals surface area contributed by atoms with Crippen molar-refractivity contribution < 1.29 is 19.4 Å². The standard InChI is InChI=1S/C15H20N2O4/c1-11(18)16-17-13(19)21-14(2,15(17,3)20)10-9-12-7-5-4-6-8-12/h4-8,20H,9-10H2,1-3H3,(H,16,18)/t14-,15-/m1/s1. The molecule has 1 heterocycles.